The number of pyridine rings is 1. The quantitative estimate of drug-likeness (QED) is 0.351. The zero-order chi connectivity index (χ0) is 26.6. The molecule has 38 heavy (non-hydrogen) atoms. The monoisotopic (exact) mass is 511 g/mol. The number of halogens is 1. The molecule has 5 rings (SSSR count). The van der Waals surface area contributed by atoms with Crippen LogP contribution in [0.15, 0.2) is 72.9 Å². The van der Waals surface area contributed by atoms with Crippen LogP contribution in [0.5, 0.6) is 0 Å². The van der Waals surface area contributed by atoms with Crippen molar-refractivity contribution in [3.63, 3.8) is 0 Å². The number of hydrogen-bond donors (Lipinski definition) is 2. The van der Waals surface area contributed by atoms with Gasteiger partial charge in [-0.25, -0.2) is 4.39 Å². The Morgan fingerprint density at radius 3 is 2.37 bits per heavy atom. The third-order valence-corrected chi connectivity index (χ3v) is 6.76. The number of aromatic nitrogens is 3. The first kappa shape index (κ1) is 25.0. The number of carbonyl (C=O) groups is 3. The summed E-state index contributed by atoms with van der Waals surface area (Å²) in [5, 5.41) is 9.21. The third-order valence-electron chi connectivity index (χ3n) is 6.76. The number of Topliss-reactive ketones (excluding diaryl/α,β-unsaturated/α-hetero) is 1. The first-order valence-electron chi connectivity index (χ1n) is 12.4. The average Bonchev–Trinajstić information content (AvgIpc) is 3.45. The molecule has 4 aromatic rings. The lowest BCUT2D eigenvalue weighted by Gasteiger charge is -2.32. The smallest absolute Gasteiger partial charge is 0.273 e. The van der Waals surface area contributed by atoms with Gasteiger partial charge in [0, 0.05) is 37.5 Å². The van der Waals surface area contributed by atoms with Gasteiger partial charge in [-0.1, -0.05) is 12.1 Å². The van der Waals surface area contributed by atoms with Gasteiger partial charge in [0.05, 0.1) is 11.3 Å². The normalized spacial score (nSPS) is 13.8. The molecule has 2 aromatic carbocycles. The molecule has 8 nitrogen and oxygen atoms in total. The molecule has 1 saturated heterocycles. The summed E-state index contributed by atoms with van der Waals surface area (Å²) in [5.41, 5.74) is 3.96. The highest BCUT2D eigenvalue weighted by atomic mass is 19.1. The maximum absolute atomic E-state index is 13.4. The standard InChI is InChI=1S/C29H26FN5O3/c1-18(36)25-17-26(34-33-25)28(37)32-23-10-6-19(7-11-23)20-12-15-35(16-13-20)29(38)24-3-2-14-31-27(24)21-4-8-22(30)9-5-21/h2-11,14,17,20H,12-13,15-16H2,1H3,(H,32,37)(H,33,34). The van der Waals surface area contributed by atoms with Crippen LogP contribution in [-0.4, -0.2) is 50.8 Å². The molecule has 2 amide bonds. The molecule has 9 heteroatoms. The van der Waals surface area contributed by atoms with E-state index in [-0.39, 0.29) is 34.8 Å². The Hall–Kier alpha value is -4.66. The minimum Gasteiger partial charge on any atom is -0.339 e. The Morgan fingerprint density at radius 1 is 1.00 bits per heavy atom. The lowest BCUT2D eigenvalue weighted by Crippen LogP contribution is -2.38. The molecule has 192 valence electrons. The van der Waals surface area contributed by atoms with Crippen LogP contribution in [0.3, 0.4) is 0 Å². The van der Waals surface area contributed by atoms with Gasteiger partial charge < -0.3 is 10.2 Å². The molecule has 1 aliphatic rings. The van der Waals surface area contributed by atoms with Crippen molar-refractivity contribution in [3.05, 3.63) is 101 Å². The number of nitrogens with one attached hydrogen (secondary N) is 2. The van der Waals surface area contributed by atoms with E-state index in [0.717, 1.165) is 18.4 Å². The van der Waals surface area contributed by atoms with Crippen molar-refractivity contribution in [1.29, 1.82) is 0 Å². The highest BCUT2D eigenvalue weighted by molar-refractivity contribution is 6.04. The van der Waals surface area contributed by atoms with Gasteiger partial charge in [-0.15, -0.1) is 0 Å². The number of aromatic amines is 1. The molecular weight excluding hydrogens is 485 g/mol. The highest BCUT2D eigenvalue weighted by Gasteiger charge is 2.26. The second-order valence-corrected chi connectivity index (χ2v) is 9.27. The molecule has 0 spiro atoms. The Kier molecular flexibility index (Phi) is 7.08. The maximum atomic E-state index is 13.4. The third kappa shape index (κ3) is 5.36. The Balaban J connectivity index is 1.20. The number of likely N-dealkylation sites (tertiary alicyclic amines) is 1. The van der Waals surface area contributed by atoms with Crippen LogP contribution in [0.1, 0.15) is 62.6 Å². The van der Waals surface area contributed by atoms with Gasteiger partial charge in [-0.05, 0) is 78.9 Å². The van der Waals surface area contributed by atoms with Crippen molar-refractivity contribution in [2.45, 2.75) is 25.7 Å². The van der Waals surface area contributed by atoms with Gasteiger partial charge in [-0.3, -0.25) is 24.5 Å². The topological polar surface area (TPSA) is 108 Å². The van der Waals surface area contributed by atoms with Gasteiger partial charge in [0.15, 0.2) is 5.78 Å². The SMILES string of the molecule is CC(=O)c1cc(C(=O)Nc2ccc(C3CCN(C(=O)c4cccnc4-c4ccc(F)cc4)CC3)cc2)[nH]n1. The van der Waals surface area contributed by atoms with Crippen molar-refractivity contribution >= 4 is 23.3 Å². The number of carbonyl (C=O) groups excluding carboxylic acids is 3. The van der Waals surface area contributed by atoms with E-state index in [9.17, 15) is 18.8 Å². The number of rotatable bonds is 6. The van der Waals surface area contributed by atoms with Crippen molar-refractivity contribution in [3.8, 4) is 11.3 Å². The van der Waals surface area contributed by atoms with Crippen LogP contribution in [-0.2, 0) is 0 Å². The van der Waals surface area contributed by atoms with Crippen molar-refractivity contribution < 1.29 is 18.8 Å². The molecular formula is C29H26FN5O3. The molecule has 2 aromatic heterocycles. The van der Waals surface area contributed by atoms with E-state index in [4.69, 9.17) is 0 Å². The summed E-state index contributed by atoms with van der Waals surface area (Å²) in [6.45, 7) is 2.61. The second kappa shape index (κ2) is 10.8. The Labute approximate surface area is 218 Å². The summed E-state index contributed by atoms with van der Waals surface area (Å²) in [6, 6.07) is 18.6. The number of anilines is 1. The van der Waals surface area contributed by atoms with Crippen LogP contribution in [0.25, 0.3) is 11.3 Å². The highest BCUT2D eigenvalue weighted by Crippen LogP contribution is 2.31. The number of nitrogens with zero attached hydrogens (tertiary/aromatic N) is 3. The fraction of sp³-hybridized carbons (Fsp3) is 0.207. The van der Waals surface area contributed by atoms with E-state index in [0.29, 0.717) is 41.5 Å². The summed E-state index contributed by atoms with van der Waals surface area (Å²) in [5.74, 6) is -0.720. The summed E-state index contributed by atoms with van der Waals surface area (Å²) >= 11 is 0. The molecule has 2 N–H and O–H groups in total. The van der Waals surface area contributed by atoms with Crippen LogP contribution in [0, 0.1) is 5.82 Å². The van der Waals surface area contributed by atoms with Gasteiger partial charge in [0.25, 0.3) is 11.8 Å². The number of hydrogen-bond acceptors (Lipinski definition) is 5. The van der Waals surface area contributed by atoms with Crippen molar-refractivity contribution in [2.24, 2.45) is 0 Å². The van der Waals surface area contributed by atoms with Crippen LogP contribution in [0.4, 0.5) is 10.1 Å². The summed E-state index contributed by atoms with van der Waals surface area (Å²) in [6.07, 6.45) is 3.25. The number of piperidine rings is 1. The van der Waals surface area contributed by atoms with Gasteiger partial charge in [-0.2, -0.15) is 5.10 Å². The largest absolute Gasteiger partial charge is 0.339 e. The van der Waals surface area contributed by atoms with E-state index in [1.165, 1.54) is 25.1 Å². The first-order chi connectivity index (χ1) is 18.4. The minimum absolute atomic E-state index is 0.0827. The summed E-state index contributed by atoms with van der Waals surface area (Å²) in [7, 11) is 0. The summed E-state index contributed by atoms with van der Waals surface area (Å²) in [4.78, 5) is 43.4. The van der Waals surface area contributed by atoms with Crippen LogP contribution in [0.2, 0.25) is 0 Å². The van der Waals surface area contributed by atoms with Gasteiger partial charge >= 0.3 is 0 Å². The molecule has 0 unspecified atom stereocenters. The zero-order valence-corrected chi connectivity index (χ0v) is 20.8. The molecule has 0 aliphatic carbocycles. The van der Waals surface area contributed by atoms with Gasteiger partial charge in [0.2, 0.25) is 0 Å². The zero-order valence-electron chi connectivity index (χ0n) is 20.8. The van der Waals surface area contributed by atoms with Crippen LogP contribution >= 0.6 is 0 Å². The van der Waals surface area contributed by atoms with E-state index in [1.807, 2.05) is 29.2 Å². The van der Waals surface area contributed by atoms with E-state index >= 15 is 0 Å². The Bertz CT molecular complexity index is 1470. The molecule has 0 saturated carbocycles. The molecule has 3 heterocycles. The fourth-order valence-electron chi connectivity index (χ4n) is 4.66. The lowest BCUT2D eigenvalue weighted by atomic mass is 9.89. The average molecular weight is 512 g/mol. The lowest BCUT2D eigenvalue weighted by molar-refractivity contribution is 0.0713. The number of amides is 2. The predicted octanol–water partition coefficient (Wildman–Crippen LogP) is 5.09. The molecule has 0 radical (unpaired) electrons. The van der Waals surface area contributed by atoms with Crippen molar-refractivity contribution in [2.75, 3.05) is 18.4 Å². The fourth-order valence-corrected chi connectivity index (χ4v) is 4.66. The van der Waals surface area contributed by atoms with Gasteiger partial charge in [0.1, 0.15) is 17.2 Å². The minimum atomic E-state index is -0.375. The molecule has 0 bridgehead atoms. The van der Waals surface area contributed by atoms with Crippen LogP contribution < -0.4 is 5.32 Å². The Morgan fingerprint density at radius 2 is 1.71 bits per heavy atom. The van der Waals surface area contributed by atoms with E-state index in [1.54, 1.807) is 30.5 Å². The first-order valence-corrected chi connectivity index (χ1v) is 12.4. The summed E-state index contributed by atoms with van der Waals surface area (Å²) < 4.78 is 13.4. The number of benzene rings is 2. The second-order valence-electron chi connectivity index (χ2n) is 9.27. The number of ketones is 1. The molecule has 0 atom stereocenters. The maximum Gasteiger partial charge on any atom is 0.273 e. The van der Waals surface area contributed by atoms with Crippen molar-refractivity contribution in [1.82, 2.24) is 20.1 Å². The van der Waals surface area contributed by atoms with E-state index in [2.05, 4.69) is 20.5 Å². The molecule has 1 aliphatic heterocycles. The van der Waals surface area contributed by atoms with E-state index < -0.39 is 0 Å². The predicted molar refractivity (Wildman–Crippen MR) is 140 cm³/mol. The number of H-pyrrole nitrogens is 1. The molecule has 1 fully saturated rings.